The highest BCUT2D eigenvalue weighted by atomic mass is 19.1. The number of benzene rings is 4. The predicted octanol–water partition coefficient (Wildman–Crippen LogP) is 7.48. The zero-order valence-corrected chi connectivity index (χ0v) is 23.5. The standard InChI is InChI=1S/C26H20FN3O3.C8H10O/c1-2-33-23-6-4-3-5-19(23)16-7-9-17(10-8-16)25-21(14-28)26(29-15-24(31)32)20-13-18(27)11-12-22(20)30-25;1-7-3-5-8(9-2)6-4-7/h3-13H,2,15H2,1H3,(H,29,30)(H,31,32);3-6H,1-2H3. The number of nitrogens with one attached hydrogen (secondary N) is 1. The van der Waals surface area contributed by atoms with Crippen LogP contribution in [0.4, 0.5) is 10.1 Å². The Morgan fingerprint density at radius 2 is 1.69 bits per heavy atom. The van der Waals surface area contributed by atoms with Crippen molar-refractivity contribution in [2.24, 2.45) is 0 Å². The predicted molar refractivity (Wildman–Crippen MR) is 162 cm³/mol. The van der Waals surface area contributed by atoms with Crippen molar-refractivity contribution in [2.45, 2.75) is 13.8 Å². The SMILES string of the molecule is CCOc1ccccc1-c1ccc(-c2nc3ccc(F)cc3c(NCC(=O)O)c2C#N)cc1.COc1ccc(C)cc1. The van der Waals surface area contributed by atoms with Gasteiger partial charge in [-0.15, -0.1) is 0 Å². The fourth-order valence-electron chi connectivity index (χ4n) is 4.37. The molecule has 2 N–H and O–H groups in total. The molecule has 0 spiro atoms. The Bertz CT molecular complexity index is 1730. The van der Waals surface area contributed by atoms with Gasteiger partial charge in [0.1, 0.15) is 35.5 Å². The van der Waals surface area contributed by atoms with Crippen LogP contribution in [0.25, 0.3) is 33.3 Å². The highest BCUT2D eigenvalue weighted by molar-refractivity contribution is 5.99. The van der Waals surface area contributed by atoms with Gasteiger partial charge in [0.05, 0.1) is 30.6 Å². The molecule has 0 amide bonds. The summed E-state index contributed by atoms with van der Waals surface area (Å²) in [6, 6.07) is 29.3. The van der Waals surface area contributed by atoms with Crippen LogP contribution >= 0.6 is 0 Å². The van der Waals surface area contributed by atoms with E-state index in [1.54, 1.807) is 7.11 Å². The Morgan fingerprint density at radius 1 is 1.00 bits per heavy atom. The topological polar surface area (TPSA) is 104 Å². The van der Waals surface area contributed by atoms with E-state index >= 15 is 0 Å². The summed E-state index contributed by atoms with van der Waals surface area (Å²) < 4.78 is 24.6. The zero-order chi connectivity index (χ0) is 30.1. The minimum Gasteiger partial charge on any atom is -0.497 e. The number of pyridine rings is 1. The first-order chi connectivity index (χ1) is 20.3. The van der Waals surface area contributed by atoms with E-state index in [0.717, 1.165) is 22.6 Å². The summed E-state index contributed by atoms with van der Waals surface area (Å²) in [6.45, 7) is 4.11. The summed E-state index contributed by atoms with van der Waals surface area (Å²) in [7, 11) is 1.67. The number of nitriles is 1. The first-order valence-corrected chi connectivity index (χ1v) is 13.3. The van der Waals surface area contributed by atoms with Crippen LogP contribution in [0.1, 0.15) is 18.1 Å². The van der Waals surface area contributed by atoms with Crippen molar-refractivity contribution >= 4 is 22.6 Å². The maximum Gasteiger partial charge on any atom is 0.322 e. The molecule has 0 aliphatic carbocycles. The van der Waals surface area contributed by atoms with E-state index in [1.807, 2.05) is 79.7 Å². The van der Waals surface area contributed by atoms with Gasteiger partial charge in [0.15, 0.2) is 0 Å². The van der Waals surface area contributed by atoms with Crippen molar-refractivity contribution in [3.8, 4) is 40.0 Å². The number of rotatable bonds is 8. The van der Waals surface area contributed by atoms with Gasteiger partial charge in [-0.25, -0.2) is 9.37 Å². The molecule has 0 aliphatic heterocycles. The van der Waals surface area contributed by atoms with Gasteiger partial charge in [0.25, 0.3) is 0 Å². The lowest BCUT2D eigenvalue weighted by molar-refractivity contribution is -0.134. The third kappa shape index (κ3) is 7.01. The van der Waals surface area contributed by atoms with E-state index in [2.05, 4.69) is 23.3 Å². The largest absolute Gasteiger partial charge is 0.497 e. The molecule has 0 atom stereocenters. The van der Waals surface area contributed by atoms with Crippen LogP contribution in [0, 0.1) is 24.1 Å². The smallest absolute Gasteiger partial charge is 0.322 e. The van der Waals surface area contributed by atoms with Gasteiger partial charge >= 0.3 is 5.97 Å². The van der Waals surface area contributed by atoms with E-state index in [-0.39, 0.29) is 11.3 Å². The third-order valence-electron chi connectivity index (χ3n) is 6.39. The van der Waals surface area contributed by atoms with Gasteiger partial charge in [-0.1, -0.05) is 60.2 Å². The fourth-order valence-corrected chi connectivity index (χ4v) is 4.37. The first-order valence-electron chi connectivity index (χ1n) is 13.3. The Kier molecular flexibility index (Phi) is 9.69. The molecule has 42 heavy (non-hydrogen) atoms. The molecule has 212 valence electrons. The van der Waals surface area contributed by atoms with Crippen molar-refractivity contribution in [1.29, 1.82) is 5.26 Å². The molecule has 4 aromatic carbocycles. The Balaban J connectivity index is 0.000000385. The van der Waals surface area contributed by atoms with Crippen LogP contribution in [0.5, 0.6) is 11.5 Å². The molecule has 7 nitrogen and oxygen atoms in total. The number of carboxylic acids is 1. The van der Waals surface area contributed by atoms with E-state index in [9.17, 15) is 14.4 Å². The monoisotopic (exact) mass is 563 g/mol. The van der Waals surface area contributed by atoms with Gasteiger partial charge in [0.2, 0.25) is 0 Å². The molecule has 0 radical (unpaired) electrons. The number of ether oxygens (including phenoxy) is 2. The van der Waals surface area contributed by atoms with Gasteiger partial charge < -0.3 is 19.9 Å². The summed E-state index contributed by atoms with van der Waals surface area (Å²) in [4.78, 5) is 15.7. The van der Waals surface area contributed by atoms with Gasteiger partial charge in [-0.2, -0.15) is 5.26 Å². The second-order valence-corrected chi connectivity index (χ2v) is 9.25. The normalized spacial score (nSPS) is 10.3. The maximum absolute atomic E-state index is 13.9. The number of aryl methyl sites for hydroxylation is 1. The van der Waals surface area contributed by atoms with Crippen molar-refractivity contribution in [3.63, 3.8) is 0 Å². The Morgan fingerprint density at radius 3 is 2.33 bits per heavy atom. The minimum absolute atomic E-state index is 0.150. The highest BCUT2D eigenvalue weighted by Gasteiger charge is 2.18. The molecule has 0 fully saturated rings. The number of carboxylic acid groups (broad SMARTS) is 1. The summed E-state index contributed by atoms with van der Waals surface area (Å²) in [5.74, 6) is 0.0906. The van der Waals surface area contributed by atoms with Crippen molar-refractivity contribution in [3.05, 3.63) is 108 Å². The van der Waals surface area contributed by atoms with Crippen molar-refractivity contribution in [1.82, 2.24) is 4.98 Å². The summed E-state index contributed by atoms with van der Waals surface area (Å²) in [5.41, 5.74) is 5.04. The van der Waals surface area contributed by atoms with Crippen LogP contribution in [-0.4, -0.2) is 36.3 Å². The molecule has 5 rings (SSSR count). The summed E-state index contributed by atoms with van der Waals surface area (Å²) >= 11 is 0. The second kappa shape index (κ2) is 13.8. The summed E-state index contributed by atoms with van der Waals surface area (Å²) in [5, 5.41) is 22.1. The minimum atomic E-state index is -1.10. The molecule has 0 saturated heterocycles. The lowest BCUT2D eigenvalue weighted by atomic mass is 9.98. The lowest BCUT2D eigenvalue weighted by Crippen LogP contribution is -2.14. The molecule has 5 aromatic rings. The number of fused-ring (bicyclic) bond motifs is 1. The molecule has 0 bridgehead atoms. The van der Waals surface area contributed by atoms with E-state index in [1.165, 1.54) is 23.8 Å². The Hall–Kier alpha value is -5.42. The van der Waals surface area contributed by atoms with E-state index < -0.39 is 18.3 Å². The maximum atomic E-state index is 13.9. The fraction of sp³-hybridized carbons (Fsp3) is 0.147. The van der Waals surface area contributed by atoms with Gasteiger partial charge in [0, 0.05) is 16.5 Å². The van der Waals surface area contributed by atoms with Gasteiger partial charge in [-0.05, 0) is 55.8 Å². The lowest BCUT2D eigenvalue weighted by Gasteiger charge is -2.15. The quantitative estimate of drug-likeness (QED) is 0.202. The Labute approximate surface area is 243 Å². The third-order valence-corrected chi connectivity index (χ3v) is 6.39. The zero-order valence-electron chi connectivity index (χ0n) is 23.5. The van der Waals surface area contributed by atoms with E-state index in [4.69, 9.17) is 14.6 Å². The summed E-state index contributed by atoms with van der Waals surface area (Å²) in [6.07, 6.45) is 0. The molecule has 8 heteroatoms. The molecular weight excluding hydrogens is 533 g/mol. The molecule has 1 aromatic heterocycles. The average Bonchev–Trinajstić information content (AvgIpc) is 3.00. The number of aliphatic carboxylic acids is 1. The number of methoxy groups -OCH3 is 1. The number of para-hydroxylation sites is 1. The van der Waals surface area contributed by atoms with Crippen molar-refractivity contribution < 1.29 is 23.8 Å². The van der Waals surface area contributed by atoms with Gasteiger partial charge in [-0.3, -0.25) is 4.79 Å². The van der Waals surface area contributed by atoms with Crippen LogP contribution in [-0.2, 0) is 4.79 Å². The number of aromatic nitrogens is 1. The van der Waals surface area contributed by atoms with Crippen LogP contribution < -0.4 is 14.8 Å². The van der Waals surface area contributed by atoms with Crippen LogP contribution in [0.3, 0.4) is 0 Å². The number of hydrogen-bond donors (Lipinski definition) is 2. The number of nitrogens with zero attached hydrogens (tertiary/aromatic N) is 2. The van der Waals surface area contributed by atoms with Crippen LogP contribution in [0.15, 0.2) is 91.0 Å². The first kappa shape index (κ1) is 29.6. The molecular formula is C34H30FN3O4. The molecule has 1 heterocycles. The highest BCUT2D eigenvalue weighted by Crippen LogP contribution is 2.36. The van der Waals surface area contributed by atoms with Crippen LogP contribution in [0.2, 0.25) is 0 Å². The second-order valence-electron chi connectivity index (χ2n) is 9.25. The van der Waals surface area contributed by atoms with Crippen molar-refractivity contribution in [2.75, 3.05) is 25.6 Å². The number of carbonyl (C=O) groups is 1. The molecule has 0 unspecified atom stereocenters. The average molecular weight is 564 g/mol. The molecule has 0 saturated carbocycles. The number of halogens is 1. The number of hydrogen-bond acceptors (Lipinski definition) is 6. The molecule has 0 aliphatic rings. The number of anilines is 1. The van der Waals surface area contributed by atoms with E-state index in [0.29, 0.717) is 28.8 Å².